The molecular weight excluding hydrogens is 220 g/mol. The molecule has 0 saturated carbocycles. The maximum atomic E-state index is 11.1. The van der Waals surface area contributed by atoms with Gasteiger partial charge in [0.05, 0.1) is 5.56 Å². The van der Waals surface area contributed by atoms with E-state index in [2.05, 4.69) is 9.97 Å². The van der Waals surface area contributed by atoms with Gasteiger partial charge in [-0.3, -0.25) is 0 Å². The smallest absolute Gasteiger partial charge is 0.355 e. The number of hydrogen-bond acceptors (Lipinski definition) is 5. The van der Waals surface area contributed by atoms with Crippen LogP contribution in [0, 0.1) is 0 Å². The molecule has 17 heavy (non-hydrogen) atoms. The van der Waals surface area contributed by atoms with Crippen LogP contribution in [0.25, 0.3) is 11.1 Å². The molecular formula is C11H10N4O2. The Morgan fingerprint density at radius 1 is 1.12 bits per heavy atom. The van der Waals surface area contributed by atoms with E-state index in [1.165, 1.54) is 0 Å². The van der Waals surface area contributed by atoms with Crippen LogP contribution in [0.15, 0.2) is 30.3 Å². The Morgan fingerprint density at radius 3 is 2.35 bits per heavy atom. The first kappa shape index (κ1) is 10.9. The summed E-state index contributed by atoms with van der Waals surface area (Å²) in [5, 5.41) is 9.07. The van der Waals surface area contributed by atoms with Gasteiger partial charge in [-0.2, -0.15) is 4.98 Å². The summed E-state index contributed by atoms with van der Waals surface area (Å²) in [6.07, 6.45) is 0. The van der Waals surface area contributed by atoms with Gasteiger partial charge in [-0.1, -0.05) is 30.3 Å². The molecule has 0 aliphatic rings. The van der Waals surface area contributed by atoms with Crippen molar-refractivity contribution in [2.45, 2.75) is 0 Å². The lowest BCUT2D eigenvalue weighted by Gasteiger charge is -2.08. The largest absolute Gasteiger partial charge is 0.476 e. The van der Waals surface area contributed by atoms with Crippen molar-refractivity contribution in [3.63, 3.8) is 0 Å². The van der Waals surface area contributed by atoms with Gasteiger partial charge in [0.25, 0.3) is 0 Å². The number of aromatic carboxylic acids is 1. The molecule has 0 spiro atoms. The zero-order valence-electron chi connectivity index (χ0n) is 8.79. The predicted molar refractivity (Wildman–Crippen MR) is 63.3 cm³/mol. The summed E-state index contributed by atoms with van der Waals surface area (Å²) in [6, 6.07) is 8.83. The summed E-state index contributed by atoms with van der Waals surface area (Å²) in [5.74, 6) is -1.29. The lowest BCUT2D eigenvalue weighted by atomic mass is 10.0. The minimum atomic E-state index is -1.19. The lowest BCUT2D eigenvalue weighted by Crippen LogP contribution is -2.10. The Balaban J connectivity index is 2.72. The topological polar surface area (TPSA) is 115 Å². The van der Waals surface area contributed by atoms with Crippen LogP contribution in [0.3, 0.4) is 0 Å². The van der Waals surface area contributed by atoms with Gasteiger partial charge in [0.2, 0.25) is 5.95 Å². The van der Waals surface area contributed by atoms with Crippen LogP contribution in [-0.4, -0.2) is 21.0 Å². The normalized spacial score (nSPS) is 10.1. The van der Waals surface area contributed by atoms with Crippen molar-refractivity contribution in [2.75, 3.05) is 11.5 Å². The molecule has 1 aromatic carbocycles. The highest BCUT2D eigenvalue weighted by Gasteiger charge is 2.18. The predicted octanol–water partition coefficient (Wildman–Crippen LogP) is 1.01. The van der Waals surface area contributed by atoms with E-state index in [0.717, 1.165) is 0 Å². The summed E-state index contributed by atoms with van der Waals surface area (Å²) >= 11 is 0. The van der Waals surface area contributed by atoms with Crippen LogP contribution in [0.4, 0.5) is 11.8 Å². The van der Waals surface area contributed by atoms with Crippen LogP contribution in [0.1, 0.15) is 10.5 Å². The molecule has 0 atom stereocenters. The lowest BCUT2D eigenvalue weighted by molar-refractivity contribution is 0.0691. The molecule has 0 radical (unpaired) electrons. The third kappa shape index (κ3) is 2.00. The quantitative estimate of drug-likeness (QED) is 0.709. The molecule has 0 fully saturated rings. The zero-order valence-corrected chi connectivity index (χ0v) is 8.79. The minimum absolute atomic E-state index is 0.0566. The highest BCUT2D eigenvalue weighted by atomic mass is 16.4. The number of benzene rings is 1. The Bertz CT molecular complexity index is 569. The molecule has 6 heteroatoms. The van der Waals surface area contributed by atoms with Crippen LogP contribution in [0.5, 0.6) is 0 Å². The number of hydrogen-bond donors (Lipinski definition) is 3. The van der Waals surface area contributed by atoms with Crippen LogP contribution in [-0.2, 0) is 0 Å². The third-order valence-electron chi connectivity index (χ3n) is 2.22. The molecule has 5 N–H and O–H groups in total. The summed E-state index contributed by atoms with van der Waals surface area (Å²) in [4.78, 5) is 18.6. The number of carboxylic acids is 1. The van der Waals surface area contributed by atoms with E-state index in [9.17, 15) is 4.79 Å². The van der Waals surface area contributed by atoms with Gasteiger partial charge >= 0.3 is 5.97 Å². The molecule has 2 rings (SSSR count). The fourth-order valence-corrected chi connectivity index (χ4v) is 1.54. The second-order valence-corrected chi connectivity index (χ2v) is 3.36. The average Bonchev–Trinajstić information content (AvgIpc) is 2.29. The van der Waals surface area contributed by atoms with Gasteiger partial charge in [-0.25, -0.2) is 9.78 Å². The van der Waals surface area contributed by atoms with E-state index < -0.39 is 5.97 Å². The van der Waals surface area contributed by atoms with E-state index in [1.54, 1.807) is 24.3 Å². The van der Waals surface area contributed by atoms with Crippen molar-refractivity contribution in [2.24, 2.45) is 0 Å². The minimum Gasteiger partial charge on any atom is -0.476 e. The summed E-state index contributed by atoms with van der Waals surface area (Å²) in [6.45, 7) is 0. The fourth-order valence-electron chi connectivity index (χ4n) is 1.54. The highest BCUT2D eigenvalue weighted by Crippen LogP contribution is 2.27. The summed E-state index contributed by atoms with van der Waals surface area (Å²) in [5.41, 5.74) is 11.8. The molecule has 0 bridgehead atoms. The van der Waals surface area contributed by atoms with Crippen molar-refractivity contribution in [3.05, 3.63) is 36.0 Å². The Labute approximate surface area is 96.9 Å². The van der Waals surface area contributed by atoms with Gasteiger partial charge < -0.3 is 16.6 Å². The number of anilines is 2. The van der Waals surface area contributed by atoms with E-state index >= 15 is 0 Å². The van der Waals surface area contributed by atoms with Gasteiger partial charge in [-0.05, 0) is 5.56 Å². The molecule has 86 valence electrons. The van der Waals surface area contributed by atoms with E-state index in [4.69, 9.17) is 16.6 Å². The average molecular weight is 230 g/mol. The Kier molecular flexibility index (Phi) is 2.61. The fraction of sp³-hybridized carbons (Fsp3) is 0. The van der Waals surface area contributed by atoms with E-state index in [-0.39, 0.29) is 23.0 Å². The first-order valence-corrected chi connectivity index (χ1v) is 4.81. The maximum absolute atomic E-state index is 11.1. The van der Waals surface area contributed by atoms with Gasteiger partial charge in [0.1, 0.15) is 5.82 Å². The summed E-state index contributed by atoms with van der Waals surface area (Å²) < 4.78 is 0. The Morgan fingerprint density at radius 2 is 1.76 bits per heavy atom. The van der Waals surface area contributed by atoms with Crippen molar-refractivity contribution >= 4 is 17.7 Å². The number of rotatable bonds is 2. The van der Waals surface area contributed by atoms with Crippen LogP contribution < -0.4 is 11.5 Å². The van der Waals surface area contributed by atoms with Gasteiger partial charge in [-0.15, -0.1) is 0 Å². The number of nitrogen functional groups attached to an aromatic ring is 2. The molecule has 1 aromatic heterocycles. The SMILES string of the molecule is Nc1nc(N)c(-c2ccccc2)c(C(=O)O)n1. The van der Waals surface area contributed by atoms with Crippen molar-refractivity contribution in [1.29, 1.82) is 0 Å². The standard InChI is InChI=1S/C11H10N4O2/c12-9-7(6-4-2-1-3-5-6)8(10(16)17)14-11(13)15-9/h1-5H,(H,16,17)(H4,12,13,14,15). The number of nitrogens with two attached hydrogens (primary N) is 2. The molecule has 6 nitrogen and oxygen atoms in total. The van der Waals surface area contributed by atoms with Crippen LogP contribution in [0.2, 0.25) is 0 Å². The highest BCUT2D eigenvalue weighted by molar-refractivity contribution is 5.97. The zero-order chi connectivity index (χ0) is 12.4. The monoisotopic (exact) mass is 230 g/mol. The van der Waals surface area contributed by atoms with E-state index in [1.807, 2.05) is 6.07 Å². The number of carbonyl (C=O) groups is 1. The molecule has 0 aliphatic heterocycles. The molecule has 0 aliphatic carbocycles. The molecule has 0 unspecified atom stereocenters. The van der Waals surface area contributed by atoms with Crippen LogP contribution >= 0.6 is 0 Å². The molecule has 0 amide bonds. The molecule has 1 heterocycles. The first-order chi connectivity index (χ1) is 8.09. The second-order valence-electron chi connectivity index (χ2n) is 3.36. The number of aromatic nitrogens is 2. The van der Waals surface area contributed by atoms with E-state index in [0.29, 0.717) is 5.56 Å². The second kappa shape index (κ2) is 4.09. The maximum Gasteiger partial charge on any atom is 0.355 e. The van der Waals surface area contributed by atoms with Crippen molar-refractivity contribution < 1.29 is 9.90 Å². The first-order valence-electron chi connectivity index (χ1n) is 4.81. The molecule has 2 aromatic rings. The van der Waals surface area contributed by atoms with Crippen molar-refractivity contribution in [3.8, 4) is 11.1 Å². The molecule has 0 saturated heterocycles. The third-order valence-corrected chi connectivity index (χ3v) is 2.22. The Hall–Kier alpha value is -2.63. The number of nitrogens with zero attached hydrogens (tertiary/aromatic N) is 2. The van der Waals surface area contributed by atoms with Crippen molar-refractivity contribution in [1.82, 2.24) is 9.97 Å². The number of carboxylic acid groups (broad SMARTS) is 1. The summed E-state index contributed by atoms with van der Waals surface area (Å²) in [7, 11) is 0. The van der Waals surface area contributed by atoms with Gasteiger partial charge in [0.15, 0.2) is 5.69 Å². The van der Waals surface area contributed by atoms with Gasteiger partial charge in [0, 0.05) is 0 Å².